The molecular formula is C19H20O5. The third-order valence-corrected chi connectivity index (χ3v) is 4.68. The molecule has 5 heteroatoms. The van der Waals surface area contributed by atoms with Crippen molar-refractivity contribution in [2.24, 2.45) is 5.41 Å². The van der Waals surface area contributed by atoms with Crippen LogP contribution in [0.2, 0.25) is 0 Å². The number of carbonyl (C=O) groups excluding carboxylic acids is 1. The first kappa shape index (κ1) is 16.6. The highest BCUT2D eigenvalue weighted by molar-refractivity contribution is 5.80. The Morgan fingerprint density at radius 1 is 0.875 bits per heavy atom. The number of hydrogen-bond acceptors (Lipinski definition) is 5. The molecule has 0 aromatic heterocycles. The van der Waals surface area contributed by atoms with Crippen LogP contribution in [0, 0.1) is 5.41 Å². The molecule has 3 N–H and O–H groups in total. The number of aliphatic hydroxyl groups is 3. The minimum Gasteiger partial charge on any atom is -0.464 e. The van der Waals surface area contributed by atoms with E-state index in [1.165, 1.54) is 0 Å². The van der Waals surface area contributed by atoms with Gasteiger partial charge in [-0.15, -0.1) is 0 Å². The molecule has 0 saturated heterocycles. The highest BCUT2D eigenvalue weighted by Crippen LogP contribution is 2.44. The summed E-state index contributed by atoms with van der Waals surface area (Å²) in [5, 5.41) is 28.0. The second-order valence-electron chi connectivity index (χ2n) is 6.08. The quantitative estimate of drug-likeness (QED) is 0.696. The summed E-state index contributed by atoms with van der Waals surface area (Å²) in [6.45, 7) is -1.92. The number of hydrogen-bond donors (Lipinski definition) is 3. The molecular weight excluding hydrogens is 308 g/mol. The van der Waals surface area contributed by atoms with E-state index < -0.39 is 31.2 Å². The van der Waals surface area contributed by atoms with E-state index >= 15 is 0 Å². The molecule has 0 saturated carbocycles. The largest absolute Gasteiger partial charge is 0.464 e. The molecule has 2 aromatic carbocycles. The van der Waals surface area contributed by atoms with E-state index in [1.807, 2.05) is 48.5 Å². The minimum atomic E-state index is -1.67. The monoisotopic (exact) mass is 328 g/mol. The number of rotatable bonds is 6. The van der Waals surface area contributed by atoms with Crippen LogP contribution < -0.4 is 0 Å². The van der Waals surface area contributed by atoms with Crippen molar-refractivity contribution in [3.63, 3.8) is 0 Å². The van der Waals surface area contributed by atoms with Crippen LogP contribution in [0.5, 0.6) is 0 Å². The molecule has 0 radical (unpaired) electrons. The number of aliphatic hydroxyl groups excluding tert-OH is 3. The molecule has 1 aliphatic rings. The fourth-order valence-electron chi connectivity index (χ4n) is 3.10. The lowest BCUT2D eigenvalue weighted by Crippen LogP contribution is -2.43. The Morgan fingerprint density at radius 3 is 1.79 bits per heavy atom. The zero-order valence-corrected chi connectivity index (χ0v) is 13.2. The molecule has 0 spiro atoms. The zero-order chi connectivity index (χ0) is 17.2. The molecule has 0 atom stereocenters. The van der Waals surface area contributed by atoms with Crippen LogP contribution >= 0.6 is 0 Å². The first-order chi connectivity index (χ1) is 11.7. The number of esters is 1. The summed E-state index contributed by atoms with van der Waals surface area (Å²) in [6, 6.07) is 15.9. The molecule has 2 aromatic rings. The van der Waals surface area contributed by atoms with Gasteiger partial charge in [0.1, 0.15) is 12.0 Å². The second kappa shape index (κ2) is 6.73. The fourth-order valence-corrected chi connectivity index (χ4v) is 3.10. The van der Waals surface area contributed by atoms with Crippen molar-refractivity contribution in [2.45, 2.75) is 5.92 Å². The van der Waals surface area contributed by atoms with Crippen LogP contribution in [0.1, 0.15) is 17.0 Å². The smallest absolute Gasteiger partial charge is 0.319 e. The summed E-state index contributed by atoms with van der Waals surface area (Å²) in [5.41, 5.74) is 2.72. The van der Waals surface area contributed by atoms with Gasteiger partial charge in [-0.2, -0.15) is 0 Å². The predicted molar refractivity (Wildman–Crippen MR) is 88.4 cm³/mol. The van der Waals surface area contributed by atoms with Gasteiger partial charge in [0.25, 0.3) is 0 Å². The molecule has 0 heterocycles. The minimum absolute atomic E-state index is 0.0919. The highest BCUT2D eigenvalue weighted by Gasteiger charge is 2.40. The van der Waals surface area contributed by atoms with Gasteiger partial charge < -0.3 is 20.1 Å². The van der Waals surface area contributed by atoms with Crippen molar-refractivity contribution in [1.29, 1.82) is 0 Å². The van der Waals surface area contributed by atoms with Crippen LogP contribution in [0.4, 0.5) is 0 Å². The van der Waals surface area contributed by atoms with E-state index in [4.69, 9.17) is 4.74 Å². The van der Waals surface area contributed by atoms with E-state index in [2.05, 4.69) is 0 Å². The van der Waals surface area contributed by atoms with Crippen molar-refractivity contribution in [3.8, 4) is 11.1 Å². The number of fused-ring (bicyclic) bond motifs is 3. The second-order valence-corrected chi connectivity index (χ2v) is 6.08. The van der Waals surface area contributed by atoms with Gasteiger partial charge in [-0.3, -0.25) is 4.79 Å². The molecule has 1 aliphatic carbocycles. The molecule has 24 heavy (non-hydrogen) atoms. The molecule has 126 valence electrons. The average molecular weight is 328 g/mol. The number of ether oxygens (including phenoxy) is 1. The van der Waals surface area contributed by atoms with Crippen LogP contribution in [0.15, 0.2) is 48.5 Å². The molecule has 5 nitrogen and oxygen atoms in total. The van der Waals surface area contributed by atoms with E-state index in [-0.39, 0.29) is 12.5 Å². The van der Waals surface area contributed by atoms with E-state index in [9.17, 15) is 20.1 Å². The maximum absolute atomic E-state index is 12.2. The van der Waals surface area contributed by atoms with Gasteiger partial charge in [0.05, 0.1) is 19.8 Å². The Labute approximate surface area is 140 Å². The molecule has 0 amide bonds. The zero-order valence-electron chi connectivity index (χ0n) is 13.2. The highest BCUT2D eigenvalue weighted by atomic mass is 16.5. The summed E-state index contributed by atoms with van der Waals surface area (Å²) in [7, 11) is 0. The summed E-state index contributed by atoms with van der Waals surface area (Å²) < 4.78 is 5.36. The first-order valence-corrected chi connectivity index (χ1v) is 7.85. The van der Waals surface area contributed by atoms with Crippen LogP contribution in [0.25, 0.3) is 11.1 Å². The third kappa shape index (κ3) is 2.60. The molecule has 0 bridgehead atoms. The number of carbonyl (C=O) groups is 1. The van der Waals surface area contributed by atoms with Crippen LogP contribution in [0.3, 0.4) is 0 Å². The van der Waals surface area contributed by atoms with Crippen molar-refractivity contribution in [2.75, 3.05) is 26.4 Å². The molecule has 3 rings (SSSR count). The Morgan fingerprint density at radius 2 is 1.33 bits per heavy atom. The predicted octanol–water partition coefficient (Wildman–Crippen LogP) is 1.31. The van der Waals surface area contributed by atoms with Gasteiger partial charge >= 0.3 is 5.97 Å². The summed E-state index contributed by atoms with van der Waals surface area (Å²) >= 11 is 0. The lowest BCUT2D eigenvalue weighted by atomic mass is 9.91. The van der Waals surface area contributed by atoms with Crippen LogP contribution in [-0.2, 0) is 9.53 Å². The van der Waals surface area contributed by atoms with Gasteiger partial charge in [0, 0.05) is 5.92 Å². The maximum Gasteiger partial charge on any atom is 0.319 e. The summed E-state index contributed by atoms with van der Waals surface area (Å²) in [4.78, 5) is 12.2. The summed E-state index contributed by atoms with van der Waals surface area (Å²) in [6.07, 6.45) is 0. The van der Waals surface area contributed by atoms with Gasteiger partial charge in [0.15, 0.2) is 0 Å². The van der Waals surface area contributed by atoms with Gasteiger partial charge in [-0.25, -0.2) is 0 Å². The fraction of sp³-hybridized carbons (Fsp3) is 0.316. The lowest BCUT2D eigenvalue weighted by Gasteiger charge is -2.26. The topological polar surface area (TPSA) is 87.0 Å². The molecule has 0 aliphatic heterocycles. The lowest BCUT2D eigenvalue weighted by molar-refractivity contribution is -0.165. The Kier molecular flexibility index (Phi) is 4.66. The van der Waals surface area contributed by atoms with Crippen molar-refractivity contribution < 1.29 is 24.9 Å². The standard InChI is InChI=1S/C19H20O5/c20-10-19(11-21,12-22)18(23)24-9-17-15-7-3-1-5-13(15)14-6-2-4-8-16(14)17/h1-8,17,20-22H,9-12H2. The number of benzene rings is 2. The molecule has 0 fully saturated rings. The SMILES string of the molecule is O=C(OCC1c2ccccc2-c2ccccc21)C(CO)(CO)CO. The van der Waals surface area contributed by atoms with E-state index in [0.717, 1.165) is 22.3 Å². The normalized spacial score (nSPS) is 13.5. The van der Waals surface area contributed by atoms with Crippen molar-refractivity contribution in [3.05, 3.63) is 59.7 Å². The van der Waals surface area contributed by atoms with Gasteiger partial charge in [-0.1, -0.05) is 48.5 Å². The first-order valence-electron chi connectivity index (χ1n) is 7.85. The van der Waals surface area contributed by atoms with Crippen LogP contribution in [-0.4, -0.2) is 47.7 Å². The molecule has 0 unspecified atom stereocenters. The maximum atomic E-state index is 12.2. The Bertz CT molecular complexity index is 682. The third-order valence-electron chi connectivity index (χ3n) is 4.68. The van der Waals surface area contributed by atoms with E-state index in [0.29, 0.717) is 0 Å². The van der Waals surface area contributed by atoms with Gasteiger partial charge in [0.2, 0.25) is 0 Å². The van der Waals surface area contributed by atoms with Gasteiger partial charge in [-0.05, 0) is 22.3 Å². The Balaban J connectivity index is 1.85. The van der Waals surface area contributed by atoms with Crippen molar-refractivity contribution >= 4 is 5.97 Å². The average Bonchev–Trinajstić information content (AvgIpc) is 2.96. The Hall–Kier alpha value is -2.21. The van der Waals surface area contributed by atoms with Crippen molar-refractivity contribution in [1.82, 2.24) is 0 Å². The van der Waals surface area contributed by atoms with E-state index in [1.54, 1.807) is 0 Å². The summed E-state index contributed by atoms with van der Waals surface area (Å²) in [5.74, 6) is -0.896.